The molecule has 0 spiro atoms. The third-order valence-corrected chi connectivity index (χ3v) is 7.73. The number of halogens is 3. The number of hydrogen-bond donors (Lipinski definition) is 0. The Hall–Kier alpha value is -2.49. The molecular weight excluding hydrogens is 495 g/mol. The van der Waals surface area contributed by atoms with Crippen LogP contribution < -0.4 is 9.80 Å². The Bertz CT molecular complexity index is 1220. The molecule has 0 saturated carbocycles. The predicted octanol–water partition coefficient (Wildman–Crippen LogP) is 7.37. The molecule has 0 aromatic heterocycles. The maximum Gasteiger partial charge on any atom is 0.100 e. The normalized spacial score (nSPS) is 18.2. The third kappa shape index (κ3) is 4.49. The van der Waals surface area contributed by atoms with Crippen molar-refractivity contribution >= 4 is 57.9 Å². The lowest BCUT2D eigenvalue weighted by Crippen LogP contribution is -2.51. The highest BCUT2D eigenvalue weighted by Crippen LogP contribution is 2.44. The average molecular weight is 514 g/mol. The van der Waals surface area contributed by atoms with Crippen LogP contribution in [0.15, 0.2) is 83.4 Å². The maximum atomic E-state index is 10.3. The second-order valence-electron chi connectivity index (χ2n) is 7.84. The smallest absolute Gasteiger partial charge is 0.100 e. The van der Waals surface area contributed by atoms with Crippen molar-refractivity contribution in [3.05, 3.63) is 104 Å². The van der Waals surface area contributed by atoms with E-state index in [1.807, 2.05) is 72.8 Å². The monoisotopic (exact) mass is 512 g/mol. The first kappa shape index (κ1) is 22.3. The first-order valence-corrected chi connectivity index (χ1v) is 12.5. The van der Waals surface area contributed by atoms with Gasteiger partial charge in [0.15, 0.2) is 0 Å². The number of nitriles is 1. The van der Waals surface area contributed by atoms with E-state index in [4.69, 9.17) is 34.8 Å². The van der Waals surface area contributed by atoms with Gasteiger partial charge in [0.1, 0.15) is 6.07 Å². The van der Waals surface area contributed by atoms with Crippen LogP contribution in [-0.4, -0.2) is 24.1 Å². The number of nitrogens with zero attached hydrogens (tertiary/aromatic N) is 4. The lowest BCUT2D eigenvalue weighted by molar-refractivity contribution is 0.326. The van der Waals surface area contributed by atoms with Gasteiger partial charge in [-0.3, -0.25) is 0 Å². The third-order valence-electron chi connectivity index (χ3n) is 5.78. The first-order chi connectivity index (χ1) is 16.0. The molecule has 0 amide bonds. The highest BCUT2D eigenvalue weighted by molar-refractivity contribution is 8.03. The van der Waals surface area contributed by atoms with Crippen LogP contribution in [0.3, 0.4) is 0 Å². The number of benzene rings is 3. The van der Waals surface area contributed by atoms with E-state index in [2.05, 4.69) is 20.8 Å². The summed E-state index contributed by atoms with van der Waals surface area (Å²) in [6.07, 6.45) is 0. The van der Waals surface area contributed by atoms with Gasteiger partial charge in [-0.05, 0) is 66.2 Å². The Labute approximate surface area is 212 Å². The standard InChI is InChI=1S/C25H19Cl3N4S/c26-18-3-1-17(2-4-18)24-23(13-29)25-30(15-32(24)22-11-7-20(28)8-12-22)14-31(16-33-25)21-9-5-19(27)6-10-21/h1-12,24H,14-16H2/t24-/m1/s1. The summed E-state index contributed by atoms with van der Waals surface area (Å²) in [5.74, 6) is 0.757. The lowest BCUT2D eigenvalue weighted by atomic mass is 9.96. The molecule has 0 radical (unpaired) electrons. The zero-order chi connectivity index (χ0) is 22.9. The maximum absolute atomic E-state index is 10.3. The van der Waals surface area contributed by atoms with Gasteiger partial charge in [0.2, 0.25) is 0 Å². The Balaban J connectivity index is 1.56. The minimum absolute atomic E-state index is 0.214. The highest BCUT2D eigenvalue weighted by Gasteiger charge is 2.38. The molecular formula is C25H19Cl3N4S. The zero-order valence-electron chi connectivity index (χ0n) is 17.5. The van der Waals surface area contributed by atoms with Crippen molar-refractivity contribution in [3.63, 3.8) is 0 Å². The van der Waals surface area contributed by atoms with Gasteiger partial charge in [-0.1, -0.05) is 58.7 Å². The number of fused-ring (bicyclic) bond motifs is 1. The summed E-state index contributed by atoms with van der Waals surface area (Å²) in [7, 11) is 0. The highest BCUT2D eigenvalue weighted by atomic mass is 35.5. The van der Waals surface area contributed by atoms with Gasteiger partial charge in [0.25, 0.3) is 0 Å². The molecule has 0 aliphatic carbocycles. The van der Waals surface area contributed by atoms with E-state index >= 15 is 0 Å². The Morgan fingerprint density at radius 3 is 1.85 bits per heavy atom. The van der Waals surface area contributed by atoms with E-state index < -0.39 is 0 Å². The summed E-state index contributed by atoms with van der Waals surface area (Å²) in [6, 6.07) is 25.7. The van der Waals surface area contributed by atoms with Crippen molar-refractivity contribution in [2.45, 2.75) is 6.04 Å². The quantitative estimate of drug-likeness (QED) is 0.365. The molecule has 0 N–H and O–H groups in total. The van der Waals surface area contributed by atoms with Gasteiger partial charge in [-0.15, -0.1) is 0 Å². The van der Waals surface area contributed by atoms with E-state index in [1.165, 1.54) is 0 Å². The van der Waals surface area contributed by atoms with Crippen molar-refractivity contribution in [1.82, 2.24) is 4.90 Å². The van der Waals surface area contributed by atoms with E-state index in [0.29, 0.717) is 28.4 Å². The molecule has 2 heterocycles. The second kappa shape index (κ2) is 9.40. The molecule has 8 heteroatoms. The number of thioether (sulfide) groups is 1. The van der Waals surface area contributed by atoms with E-state index in [0.717, 1.165) is 33.4 Å². The molecule has 166 valence electrons. The molecule has 1 fully saturated rings. The molecule has 4 nitrogen and oxygen atoms in total. The summed E-state index contributed by atoms with van der Waals surface area (Å²) in [4.78, 5) is 6.78. The molecule has 3 aromatic carbocycles. The molecule has 5 rings (SSSR count). The van der Waals surface area contributed by atoms with Crippen LogP contribution in [0.25, 0.3) is 0 Å². The number of hydrogen-bond acceptors (Lipinski definition) is 5. The summed E-state index contributed by atoms with van der Waals surface area (Å²) < 4.78 is 0. The van der Waals surface area contributed by atoms with Crippen molar-refractivity contribution in [2.75, 3.05) is 29.0 Å². The van der Waals surface area contributed by atoms with Gasteiger partial charge in [0, 0.05) is 26.4 Å². The first-order valence-electron chi connectivity index (χ1n) is 10.3. The summed E-state index contributed by atoms with van der Waals surface area (Å²) >= 11 is 20.1. The second-order valence-corrected chi connectivity index (χ2v) is 10.1. The minimum atomic E-state index is -0.214. The molecule has 1 atom stereocenters. The van der Waals surface area contributed by atoms with Crippen LogP contribution >= 0.6 is 46.6 Å². The average Bonchev–Trinajstić information content (AvgIpc) is 2.84. The molecule has 0 unspecified atom stereocenters. The topological polar surface area (TPSA) is 33.5 Å². The molecule has 2 aliphatic heterocycles. The SMILES string of the molecule is N#CC1=C2SCN(c3ccc(Cl)cc3)CN2CN(c2ccc(Cl)cc2)[C@@H]1c1ccc(Cl)cc1. The Kier molecular flexibility index (Phi) is 6.36. The number of anilines is 2. The van der Waals surface area contributed by atoms with Gasteiger partial charge >= 0.3 is 0 Å². The largest absolute Gasteiger partial charge is 0.344 e. The number of rotatable bonds is 3. The minimum Gasteiger partial charge on any atom is -0.344 e. The van der Waals surface area contributed by atoms with Crippen molar-refractivity contribution < 1.29 is 0 Å². The van der Waals surface area contributed by atoms with Gasteiger partial charge < -0.3 is 14.7 Å². The molecule has 3 aromatic rings. The van der Waals surface area contributed by atoms with E-state index in [9.17, 15) is 5.26 Å². The Morgan fingerprint density at radius 2 is 1.27 bits per heavy atom. The molecule has 33 heavy (non-hydrogen) atoms. The summed E-state index contributed by atoms with van der Waals surface area (Å²) in [5, 5.41) is 13.4. The molecule has 1 saturated heterocycles. The van der Waals surface area contributed by atoms with Gasteiger partial charge in [-0.2, -0.15) is 5.26 Å². The zero-order valence-corrected chi connectivity index (χ0v) is 20.5. The van der Waals surface area contributed by atoms with Gasteiger partial charge in [0.05, 0.1) is 35.9 Å². The lowest BCUT2D eigenvalue weighted by Gasteiger charge is -2.48. The van der Waals surface area contributed by atoms with E-state index in [1.54, 1.807) is 11.8 Å². The van der Waals surface area contributed by atoms with Crippen LogP contribution in [0.2, 0.25) is 15.1 Å². The van der Waals surface area contributed by atoms with Crippen molar-refractivity contribution in [1.29, 1.82) is 5.26 Å². The fourth-order valence-electron chi connectivity index (χ4n) is 4.21. The van der Waals surface area contributed by atoms with E-state index in [-0.39, 0.29) is 6.04 Å². The van der Waals surface area contributed by atoms with Crippen LogP contribution in [-0.2, 0) is 0 Å². The molecule has 0 bridgehead atoms. The molecule has 2 aliphatic rings. The van der Waals surface area contributed by atoms with Crippen LogP contribution in [0, 0.1) is 11.3 Å². The summed E-state index contributed by atoms with van der Waals surface area (Å²) in [5.41, 5.74) is 3.86. The van der Waals surface area contributed by atoms with Crippen LogP contribution in [0.1, 0.15) is 11.6 Å². The predicted molar refractivity (Wildman–Crippen MR) is 139 cm³/mol. The van der Waals surface area contributed by atoms with Crippen LogP contribution in [0.4, 0.5) is 11.4 Å². The van der Waals surface area contributed by atoms with Gasteiger partial charge in [-0.25, -0.2) is 0 Å². The van der Waals surface area contributed by atoms with Crippen molar-refractivity contribution in [2.24, 2.45) is 0 Å². The van der Waals surface area contributed by atoms with Crippen LogP contribution in [0.5, 0.6) is 0 Å². The van der Waals surface area contributed by atoms with Crippen molar-refractivity contribution in [3.8, 4) is 6.07 Å². The Morgan fingerprint density at radius 1 is 0.727 bits per heavy atom. The fourth-order valence-corrected chi connectivity index (χ4v) is 5.71. The summed E-state index contributed by atoms with van der Waals surface area (Å²) in [6.45, 7) is 1.30. The fraction of sp³-hybridized carbons (Fsp3) is 0.160.